The Morgan fingerprint density at radius 2 is 2.36 bits per heavy atom. The zero-order valence-corrected chi connectivity index (χ0v) is 8.96. The summed E-state index contributed by atoms with van der Waals surface area (Å²) in [6.45, 7) is 5.21. The fourth-order valence-corrected chi connectivity index (χ4v) is 1.99. The normalized spacial score (nSPS) is 24.4. The van der Waals surface area contributed by atoms with Gasteiger partial charge in [-0.05, 0) is 31.7 Å². The van der Waals surface area contributed by atoms with Crippen LogP contribution in [0.25, 0.3) is 0 Å². The van der Waals surface area contributed by atoms with E-state index in [0.29, 0.717) is 11.8 Å². The fourth-order valence-electron chi connectivity index (χ4n) is 1.99. The van der Waals surface area contributed by atoms with Crippen LogP contribution >= 0.6 is 0 Å². The van der Waals surface area contributed by atoms with E-state index in [4.69, 9.17) is 0 Å². The van der Waals surface area contributed by atoms with Gasteiger partial charge in [-0.3, -0.25) is 4.79 Å². The zero-order chi connectivity index (χ0) is 9.97. The molecule has 0 radical (unpaired) electrons. The lowest BCUT2D eigenvalue weighted by molar-refractivity contribution is -0.128. The molecule has 1 aliphatic heterocycles. The highest BCUT2D eigenvalue weighted by molar-refractivity contribution is 5.78. The number of nitrogens with zero attached hydrogens (tertiary/aromatic N) is 1. The van der Waals surface area contributed by atoms with Crippen molar-refractivity contribution in [2.24, 2.45) is 5.92 Å². The molecule has 2 aliphatic rings. The van der Waals surface area contributed by atoms with Gasteiger partial charge in [-0.2, -0.15) is 0 Å². The highest BCUT2D eigenvalue weighted by Crippen LogP contribution is 2.19. The van der Waals surface area contributed by atoms with Gasteiger partial charge in [-0.15, -0.1) is 0 Å². The van der Waals surface area contributed by atoms with Gasteiger partial charge in [0.05, 0.1) is 0 Å². The number of amides is 1. The SMILES string of the molecule is CC(CNC1CC1)CN1CCCC1=O. The highest BCUT2D eigenvalue weighted by Gasteiger charge is 2.24. The number of carbonyl (C=O) groups is 1. The first-order valence-electron chi connectivity index (χ1n) is 5.77. The van der Waals surface area contributed by atoms with Crippen LogP contribution in [0.15, 0.2) is 0 Å². The third-order valence-corrected chi connectivity index (χ3v) is 3.04. The summed E-state index contributed by atoms with van der Waals surface area (Å²) in [6.07, 6.45) is 4.51. The molecule has 1 aliphatic carbocycles. The van der Waals surface area contributed by atoms with Gasteiger partial charge in [0.1, 0.15) is 0 Å². The van der Waals surface area contributed by atoms with Crippen molar-refractivity contribution in [3.05, 3.63) is 0 Å². The van der Waals surface area contributed by atoms with Crippen molar-refractivity contribution in [3.8, 4) is 0 Å². The maximum absolute atomic E-state index is 11.4. The van der Waals surface area contributed by atoms with E-state index in [2.05, 4.69) is 12.2 Å². The van der Waals surface area contributed by atoms with E-state index in [-0.39, 0.29) is 0 Å². The molecule has 3 heteroatoms. The lowest BCUT2D eigenvalue weighted by Gasteiger charge is -2.20. The van der Waals surface area contributed by atoms with Gasteiger partial charge in [-0.1, -0.05) is 6.92 Å². The summed E-state index contributed by atoms with van der Waals surface area (Å²) in [5, 5.41) is 3.51. The zero-order valence-electron chi connectivity index (χ0n) is 8.96. The largest absolute Gasteiger partial charge is 0.342 e. The standard InChI is InChI=1S/C11H20N2O/c1-9(7-12-10-4-5-10)8-13-6-2-3-11(13)14/h9-10,12H,2-8H2,1H3. The summed E-state index contributed by atoms with van der Waals surface area (Å²) in [5.74, 6) is 0.945. The summed E-state index contributed by atoms with van der Waals surface area (Å²) in [7, 11) is 0. The second-order valence-electron chi connectivity index (χ2n) is 4.73. The third kappa shape index (κ3) is 2.71. The Bertz CT molecular complexity index is 213. The van der Waals surface area contributed by atoms with Gasteiger partial charge in [0.15, 0.2) is 0 Å². The van der Waals surface area contributed by atoms with Crippen LogP contribution in [0.2, 0.25) is 0 Å². The Labute approximate surface area is 85.8 Å². The number of hydrogen-bond donors (Lipinski definition) is 1. The second kappa shape index (κ2) is 4.30. The first-order valence-corrected chi connectivity index (χ1v) is 5.77. The second-order valence-corrected chi connectivity index (χ2v) is 4.73. The third-order valence-electron chi connectivity index (χ3n) is 3.04. The molecule has 2 fully saturated rings. The molecule has 0 bridgehead atoms. The van der Waals surface area contributed by atoms with Crippen LogP contribution < -0.4 is 5.32 Å². The summed E-state index contributed by atoms with van der Waals surface area (Å²) >= 11 is 0. The Morgan fingerprint density at radius 3 is 2.93 bits per heavy atom. The summed E-state index contributed by atoms with van der Waals surface area (Å²) in [6, 6.07) is 0.784. The Morgan fingerprint density at radius 1 is 1.57 bits per heavy atom. The number of carbonyl (C=O) groups excluding carboxylic acids is 1. The molecule has 1 heterocycles. The van der Waals surface area contributed by atoms with Crippen molar-refractivity contribution < 1.29 is 4.79 Å². The first-order chi connectivity index (χ1) is 6.75. The predicted octanol–water partition coefficient (Wildman–Crippen LogP) is 0.997. The molecule has 3 nitrogen and oxygen atoms in total. The molecule has 0 aromatic carbocycles. The predicted molar refractivity (Wildman–Crippen MR) is 56.0 cm³/mol. The summed E-state index contributed by atoms with van der Waals surface area (Å²) in [4.78, 5) is 13.4. The van der Waals surface area contributed by atoms with Crippen molar-refractivity contribution in [1.29, 1.82) is 0 Å². The van der Waals surface area contributed by atoms with Gasteiger partial charge in [0.2, 0.25) is 5.91 Å². The first kappa shape index (κ1) is 9.97. The van der Waals surface area contributed by atoms with Gasteiger partial charge in [-0.25, -0.2) is 0 Å². The number of likely N-dealkylation sites (tertiary alicyclic amines) is 1. The molecule has 1 unspecified atom stereocenters. The van der Waals surface area contributed by atoms with Crippen molar-refractivity contribution in [2.75, 3.05) is 19.6 Å². The molecule has 14 heavy (non-hydrogen) atoms. The van der Waals surface area contributed by atoms with Gasteiger partial charge < -0.3 is 10.2 Å². The lowest BCUT2D eigenvalue weighted by Crippen LogP contribution is -2.34. The topological polar surface area (TPSA) is 32.3 Å². The molecule has 2 rings (SSSR count). The van der Waals surface area contributed by atoms with Crippen LogP contribution in [0.4, 0.5) is 0 Å². The Kier molecular flexibility index (Phi) is 3.06. The highest BCUT2D eigenvalue weighted by atomic mass is 16.2. The van der Waals surface area contributed by atoms with Crippen LogP contribution in [0.1, 0.15) is 32.6 Å². The molecular formula is C11H20N2O. The molecule has 80 valence electrons. The van der Waals surface area contributed by atoms with E-state index < -0.39 is 0 Å². The molecule has 1 N–H and O–H groups in total. The molecule has 1 saturated carbocycles. The van der Waals surface area contributed by atoms with Crippen LogP contribution in [0.3, 0.4) is 0 Å². The van der Waals surface area contributed by atoms with E-state index >= 15 is 0 Å². The van der Waals surface area contributed by atoms with Gasteiger partial charge >= 0.3 is 0 Å². The maximum Gasteiger partial charge on any atom is 0.222 e. The van der Waals surface area contributed by atoms with Crippen molar-refractivity contribution >= 4 is 5.91 Å². The maximum atomic E-state index is 11.4. The molecule has 1 atom stereocenters. The molecule has 0 aromatic rings. The lowest BCUT2D eigenvalue weighted by atomic mass is 10.1. The van der Waals surface area contributed by atoms with Gasteiger partial charge in [0.25, 0.3) is 0 Å². The number of rotatable bonds is 5. The van der Waals surface area contributed by atoms with Crippen LogP contribution in [0, 0.1) is 5.92 Å². The van der Waals surface area contributed by atoms with Crippen LogP contribution in [-0.2, 0) is 4.79 Å². The summed E-state index contributed by atoms with van der Waals surface area (Å²) in [5.41, 5.74) is 0. The van der Waals surface area contributed by atoms with Crippen molar-refractivity contribution in [3.63, 3.8) is 0 Å². The number of hydrogen-bond acceptors (Lipinski definition) is 2. The quantitative estimate of drug-likeness (QED) is 0.711. The van der Waals surface area contributed by atoms with E-state index in [1.807, 2.05) is 4.90 Å². The van der Waals surface area contributed by atoms with E-state index in [0.717, 1.165) is 38.5 Å². The van der Waals surface area contributed by atoms with Gasteiger partial charge in [0, 0.05) is 25.6 Å². The average molecular weight is 196 g/mol. The van der Waals surface area contributed by atoms with Crippen molar-refractivity contribution in [2.45, 2.75) is 38.6 Å². The van der Waals surface area contributed by atoms with Crippen LogP contribution in [0.5, 0.6) is 0 Å². The summed E-state index contributed by atoms with van der Waals surface area (Å²) < 4.78 is 0. The molecule has 0 aromatic heterocycles. The minimum atomic E-state index is 0.350. The average Bonchev–Trinajstić information content (AvgIpc) is 2.90. The number of nitrogens with one attached hydrogen (secondary N) is 1. The van der Waals surface area contributed by atoms with Crippen LogP contribution in [-0.4, -0.2) is 36.5 Å². The monoisotopic (exact) mass is 196 g/mol. The molecular weight excluding hydrogens is 176 g/mol. The molecule has 1 saturated heterocycles. The smallest absolute Gasteiger partial charge is 0.222 e. The Hall–Kier alpha value is -0.570. The van der Waals surface area contributed by atoms with E-state index in [9.17, 15) is 4.79 Å². The molecule has 1 amide bonds. The fraction of sp³-hybridized carbons (Fsp3) is 0.909. The Balaban J connectivity index is 1.64. The van der Waals surface area contributed by atoms with Crippen molar-refractivity contribution in [1.82, 2.24) is 10.2 Å². The minimum Gasteiger partial charge on any atom is -0.342 e. The van der Waals surface area contributed by atoms with E-state index in [1.165, 1.54) is 12.8 Å². The van der Waals surface area contributed by atoms with E-state index in [1.54, 1.807) is 0 Å². The molecule has 0 spiro atoms. The minimum absolute atomic E-state index is 0.350.